The van der Waals surface area contributed by atoms with Crippen LogP contribution in [-0.4, -0.2) is 21.0 Å². The van der Waals surface area contributed by atoms with Gasteiger partial charge in [-0.05, 0) is 41.3 Å². The first-order valence-electron chi connectivity index (χ1n) is 7.77. The molecule has 3 N–H and O–H groups in total. The molecule has 4 aromatic rings. The van der Waals surface area contributed by atoms with E-state index in [2.05, 4.69) is 9.97 Å². The highest BCUT2D eigenvalue weighted by Crippen LogP contribution is 2.36. The molecule has 4 nitrogen and oxygen atoms in total. The first kappa shape index (κ1) is 14.3. The maximum atomic E-state index is 11.7. The molecule has 118 valence electrons. The molecule has 0 fully saturated rings. The number of hydrogen-bond donors (Lipinski definition) is 3. The maximum absolute atomic E-state index is 11.7. The first-order valence-corrected chi connectivity index (χ1v) is 7.77. The van der Waals surface area contributed by atoms with Crippen molar-refractivity contribution < 1.29 is 9.90 Å². The summed E-state index contributed by atoms with van der Waals surface area (Å²) >= 11 is 0. The molecule has 4 rings (SSSR count). The fourth-order valence-electron chi connectivity index (χ4n) is 3.34. The average Bonchev–Trinajstić information content (AvgIpc) is 3.29. The number of carbonyl (C=O) groups is 1. The second kappa shape index (κ2) is 5.74. The lowest BCUT2D eigenvalue weighted by molar-refractivity contribution is 0.0699. The van der Waals surface area contributed by atoms with Gasteiger partial charge in [-0.2, -0.15) is 0 Å². The molecule has 0 unspecified atom stereocenters. The number of aromatic carboxylic acids is 1. The fraction of sp³-hybridized carbons (Fsp3) is 0.0500. The number of hydrogen-bond acceptors (Lipinski definition) is 1. The summed E-state index contributed by atoms with van der Waals surface area (Å²) in [7, 11) is 0. The van der Waals surface area contributed by atoms with Crippen molar-refractivity contribution in [1.29, 1.82) is 0 Å². The third kappa shape index (κ3) is 2.29. The highest BCUT2D eigenvalue weighted by atomic mass is 16.4. The number of fused-ring (bicyclic) bond motifs is 1. The number of carboxylic acids is 1. The Kier molecular flexibility index (Phi) is 3.43. The minimum atomic E-state index is -0.912. The molecular weight excluding hydrogens is 300 g/mol. The largest absolute Gasteiger partial charge is 0.478 e. The molecular formula is C20H16N2O2. The molecule has 2 heterocycles. The summed E-state index contributed by atoms with van der Waals surface area (Å²) in [5.41, 5.74) is 3.33. The Morgan fingerprint density at radius 1 is 0.833 bits per heavy atom. The number of aromatic nitrogens is 2. The van der Waals surface area contributed by atoms with Gasteiger partial charge >= 0.3 is 5.97 Å². The quantitative estimate of drug-likeness (QED) is 0.523. The molecule has 0 saturated carbocycles. The second-order valence-electron chi connectivity index (χ2n) is 5.74. The summed E-state index contributed by atoms with van der Waals surface area (Å²) in [6, 6.07) is 19.3. The molecule has 0 spiro atoms. The van der Waals surface area contributed by atoms with E-state index in [0.29, 0.717) is 5.56 Å². The van der Waals surface area contributed by atoms with Gasteiger partial charge in [0.2, 0.25) is 0 Å². The third-order valence-corrected chi connectivity index (χ3v) is 4.34. The van der Waals surface area contributed by atoms with Crippen LogP contribution in [0, 0.1) is 0 Å². The number of carboxylic acid groups (broad SMARTS) is 1. The summed E-state index contributed by atoms with van der Waals surface area (Å²) in [6.07, 6.45) is 3.77. The average molecular weight is 316 g/mol. The van der Waals surface area contributed by atoms with Gasteiger partial charge in [-0.1, -0.05) is 30.3 Å². The number of aromatic amines is 2. The van der Waals surface area contributed by atoms with Gasteiger partial charge < -0.3 is 15.1 Å². The minimum absolute atomic E-state index is 0.0841. The minimum Gasteiger partial charge on any atom is -0.478 e. The van der Waals surface area contributed by atoms with Crippen molar-refractivity contribution in [2.24, 2.45) is 0 Å². The zero-order valence-corrected chi connectivity index (χ0v) is 12.9. The van der Waals surface area contributed by atoms with E-state index in [4.69, 9.17) is 0 Å². The second-order valence-corrected chi connectivity index (χ2v) is 5.74. The van der Waals surface area contributed by atoms with Gasteiger partial charge in [-0.3, -0.25) is 0 Å². The van der Waals surface area contributed by atoms with Crippen molar-refractivity contribution >= 4 is 16.7 Å². The zero-order valence-electron chi connectivity index (χ0n) is 12.9. The van der Waals surface area contributed by atoms with E-state index in [0.717, 1.165) is 27.7 Å². The molecule has 2 aromatic carbocycles. The number of H-pyrrole nitrogens is 2. The Balaban J connectivity index is 2.05. The van der Waals surface area contributed by atoms with Crippen LogP contribution in [0.15, 0.2) is 73.1 Å². The van der Waals surface area contributed by atoms with Gasteiger partial charge in [0.05, 0.1) is 11.5 Å². The van der Waals surface area contributed by atoms with Crippen molar-refractivity contribution in [1.82, 2.24) is 9.97 Å². The van der Waals surface area contributed by atoms with Gasteiger partial charge in [-0.15, -0.1) is 0 Å². The highest BCUT2D eigenvalue weighted by Gasteiger charge is 2.23. The van der Waals surface area contributed by atoms with Crippen LogP contribution in [0.25, 0.3) is 10.8 Å². The van der Waals surface area contributed by atoms with Gasteiger partial charge in [-0.25, -0.2) is 4.79 Å². The Labute approximate surface area is 138 Å². The Morgan fingerprint density at radius 3 is 2.00 bits per heavy atom. The van der Waals surface area contributed by atoms with Crippen LogP contribution in [0.2, 0.25) is 0 Å². The number of nitrogens with one attached hydrogen (secondary N) is 2. The van der Waals surface area contributed by atoms with Gasteiger partial charge in [0, 0.05) is 29.2 Å². The van der Waals surface area contributed by atoms with Crippen molar-refractivity contribution in [3.05, 3.63) is 95.6 Å². The molecule has 0 atom stereocenters. The number of benzene rings is 2. The molecule has 0 bridgehead atoms. The summed E-state index contributed by atoms with van der Waals surface area (Å²) in [5.74, 6) is -0.996. The summed E-state index contributed by atoms with van der Waals surface area (Å²) in [4.78, 5) is 18.3. The maximum Gasteiger partial charge on any atom is 0.336 e. The Hall–Kier alpha value is -3.27. The van der Waals surface area contributed by atoms with E-state index in [-0.39, 0.29) is 5.92 Å². The third-order valence-electron chi connectivity index (χ3n) is 4.34. The zero-order chi connectivity index (χ0) is 16.5. The molecule has 2 aromatic heterocycles. The normalized spacial score (nSPS) is 11.2. The van der Waals surface area contributed by atoms with Crippen molar-refractivity contribution in [2.45, 2.75) is 5.92 Å². The van der Waals surface area contributed by atoms with E-state index in [1.54, 1.807) is 12.1 Å². The summed E-state index contributed by atoms with van der Waals surface area (Å²) in [6.45, 7) is 0. The van der Waals surface area contributed by atoms with Crippen LogP contribution >= 0.6 is 0 Å². The lowest BCUT2D eigenvalue weighted by Gasteiger charge is -2.19. The van der Waals surface area contributed by atoms with Crippen LogP contribution in [0.1, 0.15) is 33.2 Å². The SMILES string of the molecule is O=C(O)c1cccc2cccc(C(c3ccc[nH]3)c3ccc[nH]3)c12. The molecule has 0 radical (unpaired) electrons. The van der Waals surface area contributed by atoms with E-state index < -0.39 is 5.97 Å². The van der Waals surface area contributed by atoms with E-state index in [1.807, 2.05) is 60.9 Å². The lowest BCUT2D eigenvalue weighted by Crippen LogP contribution is -2.07. The standard InChI is InChI=1S/C20H16N2O2/c23-20(24)15-8-2-6-13-5-1-7-14(18(13)15)19(16-9-3-11-21-16)17-10-4-12-22-17/h1-12,19,21-22H,(H,23,24). The fourth-order valence-corrected chi connectivity index (χ4v) is 3.34. The molecule has 4 heteroatoms. The van der Waals surface area contributed by atoms with Gasteiger partial charge in [0.25, 0.3) is 0 Å². The van der Waals surface area contributed by atoms with Crippen LogP contribution in [0.5, 0.6) is 0 Å². The monoisotopic (exact) mass is 316 g/mol. The molecule has 0 aliphatic rings. The molecule has 0 aliphatic heterocycles. The number of rotatable bonds is 4. The first-order chi connectivity index (χ1) is 11.8. The summed E-state index contributed by atoms with van der Waals surface area (Å²) in [5, 5.41) is 11.3. The van der Waals surface area contributed by atoms with Crippen molar-refractivity contribution in [3.8, 4) is 0 Å². The van der Waals surface area contributed by atoms with Gasteiger partial charge in [0.15, 0.2) is 0 Å². The van der Waals surface area contributed by atoms with E-state index >= 15 is 0 Å². The topological polar surface area (TPSA) is 68.9 Å². The summed E-state index contributed by atoms with van der Waals surface area (Å²) < 4.78 is 0. The van der Waals surface area contributed by atoms with Crippen molar-refractivity contribution in [3.63, 3.8) is 0 Å². The van der Waals surface area contributed by atoms with E-state index in [9.17, 15) is 9.90 Å². The van der Waals surface area contributed by atoms with Crippen LogP contribution in [0.3, 0.4) is 0 Å². The Bertz CT molecular complexity index is 946. The Morgan fingerprint density at radius 2 is 1.46 bits per heavy atom. The molecule has 0 amide bonds. The predicted octanol–water partition coefficient (Wildman–Crippen LogP) is 4.37. The van der Waals surface area contributed by atoms with Crippen LogP contribution < -0.4 is 0 Å². The lowest BCUT2D eigenvalue weighted by atomic mass is 9.87. The van der Waals surface area contributed by atoms with Crippen LogP contribution in [0.4, 0.5) is 0 Å². The smallest absolute Gasteiger partial charge is 0.336 e. The molecule has 0 aliphatic carbocycles. The van der Waals surface area contributed by atoms with Gasteiger partial charge in [0.1, 0.15) is 0 Å². The molecule has 24 heavy (non-hydrogen) atoms. The molecule has 0 saturated heterocycles. The van der Waals surface area contributed by atoms with Crippen LogP contribution in [-0.2, 0) is 0 Å². The predicted molar refractivity (Wildman–Crippen MR) is 93.4 cm³/mol. The van der Waals surface area contributed by atoms with E-state index in [1.165, 1.54) is 0 Å². The van der Waals surface area contributed by atoms with Crippen molar-refractivity contribution in [2.75, 3.05) is 0 Å². The highest BCUT2D eigenvalue weighted by molar-refractivity contribution is 6.05.